The molecule has 0 fully saturated rings. The average molecular weight is 480 g/mol. The Morgan fingerprint density at radius 1 is 1.00 bits per heavy atom. The number of benzene rings is 3. The van der Waals surface area contributed by atoms with Crippen LogP contribution in [-0.4, -0.2) is 19.2 Å². The van der Waals surface area contributed by atoms with Crippen LogP contribution in [0.15, 0.2) is 65.6 Å². The van der Waals surface area contributed by atoms with Gasteiger partial charge in [-0.3, -0.25) is 19.6 Å². The summed E-state index contributed by atoms with van der Waals surface area (Å²) in [7, 11) is -4.13. The van der Waals surface area contributed by atoms with Gasteiger partial charge in [0.25, 0.3) is 21.6 Å². The molecule has 0 aliphatic rings. The summed E-state index contributed by atoms with van der Waals surface area (Å²) in [4.78, 5) is 22.9. The zero-order valence-corrected chi connectivity index (χ0v) is 18.3. The van der Waals surface area contributed by atoms with E-state index < -0.39 is 20.9 Å². The first kappa shape index (κ1) is 22.5. The van der Waals surface area contributed by atoms with Gasteiger partial charge in [-0.25, -0.2) is 8.42 Å². The average Bonchev–Trinajstić information content (AvgIpc) is 2.69. The number of carbonyl (C=O) groups is 1. The lowest BCUT2D eigenvalue weighted by atomic mass is 10.1. The second-order valence-corrected chi connectivity index (χ2v) is 8.91. The number of rotatable bonds is 6. The maximum Gasteiger partial charge on any atom is 0.271 e. The molecule has 2 N–H and O–H groups in total. The fraction of sp³-hybridized carbons (Fsp3) is 0.0500. The molecule has 0 spiro atoms. The van der Waals surface area contributed by atoms with Crippen molar-refractivity contribution in [3.63, 3.8) is 0 Å². The number of nitro benzene ring substituents is 1. The van der Waals surface area contributed by atoms with Crippen molar-refractivity contribution in [1.29, 1.82) is 0 Å². The third-order valence-electron chi connectivity index (χ3n) is 4.26. The lowest BCUT2D eigenvalue weighted by Gasteiger charge is -2.13. The van der Waals surface area contributed by atoms with Crippen molar-refractivity contribution >= 4 is 56.2 Å². The van der Waals surface area contributed by atoms with E-state index in [1.807, 2.05) is 0 Å². The summed E-state index contributed by atoms with van der Waals surface area (Å²) >= 11 is 12.2. The van der Waals surface area contributed by atoms with Crippen molar-refractivity contribution < 1.29 is 18.1 Å². The van der Waals surface area contributed by atoms with Gasteiger partial charge < -0.3 is 5.32 Å². The molecule has 0 aliphatic heterocycles. The van der Waals surface area contributed by atoms with Gasteiger partial charge in [-0.05, 0) is 36.8 Å². The number of hydrogen-bond donors (Lipinski definition) is 2. The van der Waals surface area contributed by atoms with Crippen molar-refractivity contribution in [3.05, 3.63) is 92.0 Å². The third kappa shape index (κ3) is 5.13. The van der Waals surface area contributed by atoms with Crippen LogP contribution in [-0.2, 0) is 10.0 Å². The number of nitrogens with zero attached hydrogens (tertiary/aromatic N) is 1. The van der Waals surface area contributed by atoms with Gasteiger partial charge in [0.15, 0.2) is 0 Å². The van der Waals surface area contributed by atoms with Gasteiger partial charge in [0.1, 0.15) is 4.90 Å². The van der Waals surface area contributed by atoms with Crippen LogP contribution >= 0.6 is 23.2 Å². The number of nitrogens with one attached hydrogen (secondary N) is 2. The number of para-hydroxylation sites is 1. The largest absolute Gasteiger partial charge is 0.321 e. The minimum Gasteiger partial charge on any atom is -0.321 e. The van der Waals surface area contributed by atoms with Crippen LogP contribution in [0.4, 0.5) is 17.1 Å². The Morgan fingerprint density at radius 2 is 1.68 bits per heavy atom. The molecule has 0 atom stereocenters. The van der Waals surface area contributed by atoms with Crippen LogP contribution in [0, 0.1) is 17.0 Å². The second-order valence-electron chi connectivity index (χ2n) is 6.44. The molecule has 0 heterocycles. The highest BCUT2D eigenvalue weighted by Gasteiger charge is 2.23. The molecule has 1 amide bonds. The predicted octanol–water partition coefficient (Wildman–Crippen LogP) is 5.26. The van der Waals surface area contributed by atoms with Gasteiger partial charge in [-0.1, -0.05) is 47.5 Å². The summed E-state index contributed by atoms with van der Waals surface area (Å²) in [5.41, 5.74) is 0.704. The number of nitro groups is 1. The summed E-state index contributed by atoms with van der Waals surface area (Å²) in [5, 5.41) is 13.3. The zero-order valence-electron chi connectivity index (χ0n) is 15.9. The summed E-state index contributed by atoms with van der Waals surface area (Å²) < 4.78 is 28.0. The summed E-state index contributed by atoms with van der Waals surface area (Å²) in [5.74, 6) is -0.749. The van der Waals surface area contributed by atoms with E-state index in [2.05, 4.69) is 10.0 Å². The Hall–Kier alpha value is -3.14. The number of amides is 1. The van der Waals surface area contributed by atoms with E-state index >= 15 is 0 Å². The molecule has 8 nitrogen and oxygen atoms in total. The van der Waals surface area contributed by atoms with Crippen molar-refractivity contribution in [2.75, 3.05) is 10.0 Å². The molecular weight excluding hydrogens is 465 g/mol. The second kappa shape index (κ2) is 8.93. The highest BCUT2D eigenvalue weighted by molar-refractivity contribution is 7.92. The summed E-state index contributed by atoms with van der Waals surface area (Å²) in [6.07, 6.45) is 0. The van der Waals surface area contributed by atoms with E-state index in [9.17, 15) is 23.3 Å². The number of halogens is 2. The molecule has 3 aromatic carbocycles. The predicted molar refractivity (Wildman–Crippen MR) is 119 cm³/mol. The Morgan fingerprint density at radius 3 is 2.32 bits per heavy atom. The zero-order chi connectivity index (χ0) is 22.8. The van der Waals surface area contributed by atoms with Crippen LogP contribution < -0.4 is 10.0 Å². The van der Waals surface area contributed by atoms with Crippen molar-refractivity contribution in [2.45, 2.75) is 11.8 Å². The molecule has 0 bridgehead atoms. The summed E-state index contributed by atoms with van der Waals surface area (Å²) in [6.45, 7) is 1.66. The minimum absolute atomic E-state index is 0.0794. The molecule has 3 rings (SSSR count). The molecule has 160 valence electrons. The maximum absolute atomic E-state index is 12.8. The summed E-state index contributed by atoms with van der Waals surface area (Å²) in [6, 6.07) is 14.3. The monoisotopic (exact) mass is 479 g/mol. The van der Waals surface area contributed by atoms with Gasteiger partial charge in [0.2, 0.25) is 0 Å². The lowest BCUT2D eigenvalue weighted by Crippen LogP contribution is -2.17. The molecule has 0 saturated heterocycles. The van der Waals surface area contributed by atoms with Gasteiger partial charge >= 0.3 is 0 Å². The van der Waals surface area contributed by atoms with E-state index in [0.29, 0.717) is 11.3 Å². The highest BCUT2D eigenvalue weighted by atomic mass is 35.5. The van der Waals surface area contributed by atoms with Gasteiger partial charge in [0, 0.05) is 17.8 Å². The molecule has 0 unspecified atom stereocenters. The van der Waals surface area contributed by atoms with Gasteiger partial charge in [-0.2, -0.15) is 0 Å². The first-order valence-electron chi connectivity index (χ1n) is 8.72. The fourth-order valence-corrected chi connectivity index (χ4v) is 4.59. The third-order valence-corrected chi connectivity index (χ3v) is 6.42. The van der Waals surface area contributed by atoms with Crippen molar-refractivity contribution in [3.8, 4) is 0 Å². The number of hydrogen-bond acceptors (Lipinski definition) is 5. The lowest BCUT2D eigenvalue weighted by molar-refractivity contribution is -0.384. The molecule has 3 aromatic rings. The minimum atomic E-state index is -4.13. The number of non-ortho nitro benzene ring substituents is 1. The molecule has 0 aliphatic carbocycles. The van der Waals surface area contributed by atoms with Crippen LogP contribution in [0.1, 0.15) is 15.9 Å². The van der Waals surface area contributed by atoms with E-state index in [4.69, 9.17) is 23.2 Å². The number of carbonyl (C=O) groups excluding carboxylic acids is 1. The van der Waals surface area contributed by atoms with Crippen LogP contribution in [0.25, 0.3) is 0 Å². The Labute approximate surface area is 188 Å². The Bertz CT molecular complexity index is 1280. The quantitative estimate of drug-likeness (QED) is 0.368. The molecule has 31 heavy (non-hydrogen) atoms. The normalized spacial score (nSPS) is 11.1. The molecule has 0 saturated carbocycles. The molecule has 11 heteroatoms. The standard InChI is InChI=1S/C20H15Cl2N3O5S/c1-12-7-8-14(25(27)28)9-18(12)23-20(26)15-10-19(17(22)11-16(15)21)31(29,30)24-13-5-3-2-4-6-13/h2-11,24H,1H3,(H,23,26). The number of aryl methyl sites for hydroxylation is 1. The van der Waals surface area contributed by atoms with E-state index in [-0.39, 0.29) is 31.9 Å². The van der Waals surface area contributed by atoms with Gasteiger partial charge in [0.05, 0.1) is 26.2 Å². The number of anilines is 2. The molecule has 0 radical (unpaired) electrons. The van der Waals surface area contributed by atoms with Crippen molar-refractivity contribution in [1.82, 2.24) is 0 Å². The molecular formula is C20H15Cl2N3O5S. The first-order chi connectivity index (χ1) is 14.6. The fourth-order valence-electron chi connectivity index (χ4n) is 2.67. The SMILES string of the molecule is Cc1ccc([N+](=O)[O-])cc1NC(=O)c1cc(S(=O)(=O)Nc2ccccc2)c(Cl)cc1Cl. The first-order valence-corrected chi connectivity index (χ1v) is 11.0. The molecule has 0 aromatic heterocycles. The van der Waals surface area contributed by atoms with Crippen LogP contribution in [0.3, 0.4) is 0 Å². The van der Waals surface area contributed by atoms with E-state index in [1.54, 1.807) is 37.3 Å². The topological polar surface area (TPSA) is 118 Å². The van der Waals surface area contributed by atoms with Crippen LogP contribution in [0.5, 0.6) is 0 Å². The van der Waals surface area contributed by atoms with E-state index in [0.717, 1.165) is 12.1 Å². The van der Waals surface area contributed by atoms with Crippen molar-refractivity contribution in [2.24, 2.45) is 0 Å². The van der Waals surface area contributed by atoms with E-state index in [1.165, 1.54) is 18.2 Å². The van der Waals surface area contributed by atoms with Crippen LogP contribution in [0.2, 0.25) is 10.0 Å². The smallest absolute Gasteiger partial charge is 0.271 e. The van der Waals surface area contributed by atoms with Gasteiger partial charge in [-0.15, -0.1) is 0 Å². The highest BCUT2D eigenvalue weighted by Crippen LogP contribution is 2.31. The maximum atomic E-state index is 12.8. The number of sulfonamides is 1. The Balaban J connectivity index is 1.97. The Kier molecular flexibility index (Phi) is 6.49.